The van der Waals surface area contributed by atoms with E-state index in [9.17, 15) is 9.59 Å². The number of nitrogen functional groups attached to an aromatic ring is 1. The van der Waals surface area contributed by atoms with Crippen LogP contribution < -0.4 is 5.73 Å². The van der Waals surface area contributed by atoms with Gasteiger partial charge in [-0.1, -0.05) is 44.6 Å². The average molecular weight is 358 g/mol. The molecule has 0 heterocycles. The van der Waals surface area contributed by atoms with Crippen molar-refractivity contribution in [3.8, 4) is 0 Å². The third-order valence-electron chi connectivity index (χ3n) is 5.67. The van der Waals surface area contributed by atoms with Crippen molar-refractivity contribution in [2.24, 2.45) is 0 Å². The lowest BCUT2D eigenvalue weighted by molar-refractivity contribution is -0.141. The predicted molar refractivity (Wildman–Crippen MR) is 102 cm³/mol. The Balaban J connectivity index is 1.63. The van der Waals surface area contributed by atoms with E-state index < -0.39 is 5.97 Å². The van der Waals surface area contributed by atoms with Crippen LogP contribution in [-0.4, -0.2) is 35.5 Å². The topological polar surface area (TPSA) is 72.6 Å². The second-order valence-electron chi connectivity index (χ2n) is 7.59. The van der Waals surface area contributed by atoms with Gasteiger partial charge in [0.1, 0.15) is 0 Å². The van der Waals surface area contributed by atoms with Crippen molar-refractivity contribution in [1.82, 2.24) is 4.90 Å². The van der Waals surface area contributed by atoms with Crippen LogP contribution in [0.25, 0.3) is 0 Å². The van der Waals surface area contributed by atoms with Crippen LogP contribution in [0.3, 0.4) is 0 Å². The number of hydrogen-bond acceptors (Lipinski definition) is 4. The molecule has 2 fully saturated rings. The van der Waals surface area contributed by atoms with Crippen molar-refractivity contribution < 1.29 is 14.3 Å². The number of anilines is 1. The predicted octanol–water partition coefficient (Wildman–Crippen LogP) is 3.92. The molecule has 1 aromatic rings. The fourth-order valence-electron chi connectivity index (χ4n) is 4.37. The summed E-state index contributed by atoms with van der Waals surface area (Å²) in [7, 11) is 0. The third kappa shape index (κ3) is 4.77. The molecule has 1 amide bonds. The standard InChI is InChI=1S/C21H30N2O3/c22-17-9-7-8-16(14-17)21(25)26-15-20(24)23(18-10-3-1-4-11-18)19-12-5-2-6-13-19/h7-9,14,18-19H,1-6,10-13,15,22H2. The molecule has 26 heavy (non-hydrogen) atoms. The molecule has 0 unspecified atom stereocenters. The van der Waals surface area contributed by atoms with Crippen molar-refractivity contribution in [2.45, 2.75) is 76.3 Å². The number of ether oxygens (including phenoxy) is 1. The number of carbonyl (C=O) groups excluding carboxylic acids is 2. The zero-order chi connectivity index (χ0) is 18.4. The monoisotopic (exact) mass is 358 g/mol. The molecule has 2 aliphatic carbocycles. The molecule has 3 rings (SSSR count). The Morgan fingerprint density at radius 3 is 2.08 bits per heavy atom. The molecule has 0 aromatic heterocycles. The quantitative estimate of drug-likeness (QED) is 0.639. The van der Waals surface area contributed by atoms with Gasteiger partial charge in [0.2, 0.25) is 0 Å². The maximum Gasteiger partial charge on any atom is 0.338 e. The molecule has 5 heteroatoms. The maximum atomic E-state index is 13.0. The second kappa shape index (κ2) is 9.06. The highest BCUT2D eigenvalue weighted by Crippen LogP contribution is 2.30. The van der Waals surface area contributed by atoms with E-state index in [1.165, 1.54) is 38.5 Å². The van der Waals surface area contributed by atoms with E-state index in [-0.39, 0.29) is 12.5 Å². The first-order chi connectivity index (χ1) is 12.6. The first-order valence-electron chi connectivity index (χ1n) is 9.99. The highest BCUT2D eigenvalue weighted by atomic mass is 16.5. The number of hydrogen-bond donors (Lipinski definition) is 1. The summed E-state index contributed by atoms with van der Waals surface area (Å²) in [5.41, 5.74) is 6.61. The Morgan fingerprint density at radius 2 is 1.54 bits per heavy atom. The number of amides is 1. The van der Waals surface area contributed by atoms with Crippen molar-refractivity contribution in [3.05, 3.63) is 29.8 Å². The lowest BCUT2D eigenvalue weighted by Crippen LogP contribution is -2.50. The third-order valence-corrected chi connectivity index (χ3v) is 5.67. The van der Waals surface area contributed by atoms with Gasteiger partial charge in [0.05, 0.1) is 5.56 Å². The van der Waals surface area contributed by atoms with Crippen LogP contribution in [0.5, 0.6) is 0 Å². The highest BCUT2D eigenvalue weighted by molar-refractivity contribution is 5.92. The van der Waals surface area contributed by atoms with Gasteiger partial charge < -0.3 is 15.4 Å². The molecular weight excluding hydrogens is 328 g/mol. The first-order valence-corrected chi connectivity index (χ1v) is 9.99. The van der Waals surface area contributed by atoms with Crippen LogP contribution in [0, 0.1) is 0 Å². The van der Waals surface area contributed by atoms with Gasteiger partial charge in [-0.05, 0) is 43.9 Å². The zero-order valence-corrected chi connectivity index (χ0v) is 15.5. The largest absolute Gasteiger partial charge is 0.452 e. The zero-order valence-electron chi connectivity index (χ0n) is 15.5. The van der Waals surface area contributed by atoms with Crippen LogP contribution in [0.2, 0.25) is 0 Å². The summed E-state index contributed by atoms with van der Waals surface area (Å²) in [6.07, 6.45) is 11.6. The average Bonchev–Trinajstić information content (AvgIpc) is 2.68. The summed E-state index contributed by atoms with van der Waals surface area (Å²) in [5.74, 6) is -0.529. The van der Waals surface area contributed by atoms with Crippen molar-refractivity contribution >= 4 is 17.6 Å². The molecule has 0 saturated heterocycles. The number of esters is 1. The van der Waals surface area contributed by atoms with Gasteiger partial charge in [-0.2, -0.15) is 0 Å². The van der Waals surface area contributed by atoms with E-state index in [0.29, 0.717) is 23.3 Å². The molecule has 0 aliphatic heterocycles. The van der Waals surface area contributed by atoms with Gasteiger partial charge in [-0.25, -0.2) is 4.79 Å². The molecule has 0 radical (unpaired) electrons. The van der Waals surface area contributed by atoms with E-state index in [4.69, 9.17) is 10.5 Å². The maximum absolute atomic E-state index is 13.0. The summed E-state index contributed by atoms with van der Waals surface area (Å²) in [5, 5.41) is 0. The van der Waals surface area contributed by atoms with Crippen LogP contribution in [0.15, 0.2) is 24.3 Å². The lowest BCUT2D eigenvalue weighted by Gasteiger charge is -2.41. The van der Waals surface area contributed by atoms with E-state index in [0.717, 1.165) is 25.7 Å². The van der Waals surface area contributed by atoms with Gasteiger partial charge in [0.25, 0.3) is 5.91 Å². The second-order valence-corrected chi connectivity index (χ2v) is 7.59. The highest BCUT2D eigenvalue weighted by Gasteiger charge is 2.32. The summed E-state index contributed by atoms with van der Waals surface area (Å²) in [6, 6.07) is 7.28. The SMILES string of the molecule is Nc1cccc(C(=O)OCC(=O)N(C2CCCCC2)C2CCCCC2)c1. The van der Waals surface area contributed by atoms with Crippen LogP contribution >= 0.6 is 0 Å². The lowest BCUT2D eigenvalue weighted by atomic mass is 9.88. The van der Waals surface area contributed by atoms with Crippen molar-refractivity contribution in [1.29, 1.82) is 0 Å². The summed E-state index contributed by atoms with van der Waals surface area (Å²) < 4.78 is 5.32. The Labute approximate surface area is 155 Å². The summed E-state index contributed by atoms with van der Waals surface area (Å²) in [4.78, 5) is 27.3. The van der Waals surface area contributed by atoms with E-state index in [2.05, 4.69) is 4.90 Å². The fraction of sp³-hybridized carbons (Fsp3) is 0.619. The molecule has 1 aromatic carbocycles. The van der Waals surface area contributed by atoms with Gasteiger partial charge in [-0.15, -0.1) is 0 Å². The minimum atomic E-state index is -0.488. The normalized spacial score (nSPS) is 19.1. The summed E-state index contributed by atoms with van der Waals surface area (Å²) >= 11 is 0. The fourth-order valence-corrected chi connectivity index (χ4v) is 4.37. The molecule has 2 saturated carbocycles. The first kappa shape index (κ1) is 18.7. The molecule has 2 aliphatic rings. The van der Waals surface area contributed by atoms with Gasteiger partial charge in [-0.3, -0.25) is 4.79 Å². The van der Waals surface area contributed by atoms with E-state index in [1.807, 2.05) is 0 Å². The van der Waals surface area contributed by atoms with Gasteiger partial charge >= 0.3 is 5.97 Å². The Kier molecular flexibility index (Phi) is 6.53. The number of rotatable bonds is 5. The Bertz CT molecular complexity index is 601. The van der Waals surface area contributed by atoms with Crippen molar-refractivity contribution in [2.75, 3.05) is 12.3 Å². The Morgan fingerprint density at radius 1 is 0.962 bits per heavy atom. The number of nitrogens with two attached hydrogens (primary N) is 1. The number of benzene rings is 1. The van der Waals surface area contributed by atoms with Crippen LogP contribution in [-0.2, 0) is 9.53 Å². The van der Waals surface area contributed by atoms with Gasteiger partial charge in [0, 0.05) is 17.8 Å². The van der Waals surface area contributed by atoms with Crippen molar-refractivity contribution in [3.63, 3.8) is 0 Å². The molecule has 0 bridgehead atoms. The minimum absolute atomic E-state index is 0.0407. The molecule has 142 valence electrons. The summed E-state index contributed by atoms with van der Waals surface area (Å²) in [6.45, 7) is -0.180. The molecule has 0 spiro atoms. The number of carbonyl (C=O) groups is 2. The smallest absolute Gasteiger partial charge is 0.338 e. The van der Waals surface area contributed by atoms with Crippen LogP contribution in [0.1, 0.15) is 74.6 Å². The van der Waals surface area contributed by atoms with Crippen LogP contribution in [0.4, 0.5) is 5.69 Å². The number of nitrogens with zero attached hydrogens (tertiary/aromatic N) is 1. The van der Waals surface area contributed by atoms with Gasteiger partial charge in [0.15, 0.2) is 6.61 Å². The molecule has 2 N–H and O–H groups in total. The Hall–Kier alpha value is -2.04. The van der Waals surface area contributed by atoms with E-state index >= 15 is 0 Å². The molecule has 0 atom stereocenters. The molecule has 5 nitrogen and oxygen atoms in total. The molecular formula is C21H30N2O3. The minimum Gasteiger partial charge on any atom is -0.452 e. The van der Waals surface area contributed by atoms with E-state index in [1.54, 1.807) is 24.3 Å².